The third-order valence-electron chi connectivity index (χ3n) is 3.27. The number of aryl methyl sites for hydroxylation is 1. The fourth-order valence-electron chi connectivity index (χ4n) is 2.28. The molecule has 0 aromatic heterocycles. The number of nitrogen functional groups attached to an aromatic ring is 1. The van der Waals surface area contributed by atoms with Gasteiger partial charge in [0.1, 0.15) is 13.2 Å². The molecule has 0 atom stereocenters. The van der Waals surface area contributed by atoms with Crippen LogP contribution in [0, 0.1) is 6.92 Å². The van der Waals surface area contributed by atoms with Crippen LogP contribution in [0.3, 0.4) is 0 Å². The van der Waals surface area contributed by atoms with E-state index in [4.69, 9.17) is 15.2 Å². The number of cyclic esters (lactones) is 1. The van der Waals surface area contributed by atoms with Crippen molar-refractivity contribution in [2.24, 2.45) is 0 Å². The summed E-state index contributed by atoms with van der Waals surface area (Å²) in [6, 6.07) is 5.32. The number of hydrogen-bond acceptors (Lipinski definition) is 5. The van der Waals surface area contributed by atoms with E-state index in [1.807, 2.05) is 19.9 Å². The minimum atomic E-state index is -0.563. The quantitative estimate of drug-likeness (QED) is 0.638. The summed E-state index contributed by atoms with van der Waals surface area (Å²) in [6.07, 6.45) is 0.248. The minimum absolute atomic E-state index is 0.120. The molecule has 0 saturated carbocycles. The molecular weight excluding hydrogens is 286 g/mol. The average molecular weight is 307 g/mol. The fourth-order valence-corrected chi connectivity index (χ4v) is 2.28. The Labute approximate surface area is 129 Å². The van der Waals surface area contributed by atoms with Crippen molar-refractivity contribution < 1.29 is 19.1 Å². The van der Waals surface area contributed by atoms with Crippen molar-refractivity contribution in [3.8, 4) is 0 Å². The van der Waals surface area contributed by atoms with E-state index >= 15 is 0 Å². The smallest absolute Gasteiger partial charge is 0.429 e. The molecule has 2 N–H and O–H groups in total. The number of anilines is 2. The predicted octanol–water partition coefficient (Wildman–Crippen LogP) is 1.70. The summed E-state index contributed by atoms with van der Waals surface area (Å²) in [5.41, 5.74) is 7.72. The van der Waals surface area contributed by atoms with Crippen LogP contribution in [0.1, 0.15) is 18.9 Å². The standard InChI is InChI=1S/C15H21N3O4/c1-3-8-21-10-13(19)18(17-7-9-22-15(17)20)14-11(2)5-4-6-12(14)16/h4-6H,3,7-10,16H2,1-2H3. The van der Waals surface area contributed by atoms with Gasteiger partial charge >= 0.3 is 6.09 Å². The van der Waals surface area contributed by atoms with Gasteiger partial charge in [-0.05, 0) is 25.0 Å². The van der Waals surface area contributed by atoms with Gasteiger partial charge in [-0.25, -0.2) is 14.8 Å². The van der Waals surface area contributed by atoms with E-state index < -0.39 is 6.09 Å². The lowest BCUT2D eigenvalue weighted by Gasteiger charge is -2.31. The second-order valence-electron chi connectivity index (χ2n) is 5.01. The Morgan fingerprint density at radius 2 is 2.27 bits per heavy atom. The zero-order valence-corrected chi connectivity index (χ0v) is 12.9. The molecule has 1 aromatic rings. The van der Waals surface area contributed by atoms with Gasteiger partial charge in [0.05, 0.1) is 17.9 Å². The van der Waals surface area contributed by atoms with Gasteiger partial charge in [0, 0.05) is 6.61 Å². The highest BCUT2D eigenvalue weighted by atomic mass is 16.6. The van der Waals surface area contributed by atoms with Crippen LogP contribution in [-0.4, -0.2) is 43.4 Å². The second-order valence-corrected chi connectivity index (χ2v) is 5.01. The van der Waals surface area contributed by atoms with Crippen molar-refractivity contribution in [3.63, 3.8) is 0 Å². The van der Waals surface area contributed by atoms with Crippen molar-refractivity contribution in [1.82, 2.24) is 5.01 Å². The van der Waals surface area contributed by atoms with Gasteiger partial charge in [0.25, 0.3) is 5.91 Å². The van der Waals surface area contributed by atoms with Gasteiger partial charge in [-0.15, -0.1) is 0 Å². The number of carbonyl (C=O) groups excluding carboxylic acids is 2. The van der Waals surface area contributed by atoms with Crippen LogP contribution in [0.4, 0.5) is 16.2 Å². The summed E-state index contributed by atoms with van der Waals surface area (Å²) in [6.45, 7) is 4.69. The Morgan fingerprint density at radius 3 is 2.86 bits per heavy atom. The number of nitrogens with two attached hydrogens (primary N) is 1. The normalized spacial score (nSPS) is 14.1. The maximum atomic E-state index is 12.6. The number of amides is 2. The first-order valence-corrected chi connectivity index (χ1v) is 7.26. The van der Waals surface area contributed by atoms with Crippen molar-refractivity contribution in [3.05, 3.63) is 23.8 Å². The number of para-hydroxylation sites is 1. The molecule has 1 heterocycles. The molecule has 22 heavy (non-hydrogen) atoms. The van der Waals surface area contributed by atoms with E-state index in [0.717, 1.165) is 12.0 Å². The summed E-state index contributed by atoms with van der Waals surface area (Å²) in [5.74, 6) is -0.353. The van der Waals surface area contributed by atoms with Crippen LogP contribution in [0.5, 0.6) is 0 Å². The summed E-state index contributed by atoms with van der Waals surface area (Å²) in [5, 5.41) is 2.53. The molecule has 1 aromatic carbocycles. The first-order valence-electron chi connectivity index (χ1n) is 7.26. The van der Waals surface area contributed by atoms with E-state index in [-0.39, 0.29) is 19.1 Å². The minimum Gasteiger partial charge on any atom is -0.446 e. The lowest BCUT2D eigenvalue weighted by Crippen LogP contribution is -2.49. The van der Waals surface area contributed by atoms with Gasteiger partial charge in [0.2, 0.25) is 0 Å². The number of hydrazine groups is 1. The van der Waals surface area contributed by atoms with E-state index in [1.165, 1.54) is 10.0 Å². The maximum absolute atomic E-state index is 12.6. The van der Waals surface area contributed by atoms with Crippen LogP contribution in [0.15, 0.2) is 18.2 Å². The molecule has 7 heteroatoms. The first-order chi connectivity index (χ1) is 10.6. The average Bonchev–Trinajstić information content (AvgIpc) is 2.89. The van der Waals surface area contributed by atoms with Crippen molar-refractivity contribution >= 4 is 23.4 Å². The predicted molar refractivity (Wildman–Crippen MR) is 82.2 cm³/mol. The molecule has 0 aliphatic carbocycles. The maximum Gasteiger partial charge on any atom is 0.429 e. The molecule has 2 amide bonds. The Kier molecular flexibility index (Phi) is 5.21. The highest BCUT2D eigenvalue weighted by Gasteiger charge is 2.34. The fraction of sp³-hybridized carbons (Fsp3) is 0.467. The first kappa shape index (κ1) is 16.1. The van der Waals surface area contributed by atoms with Gasteiger partial charge in [-0.1, -0.05) is 19.1 Å². The van der Waals surface area contributed by atoms with Crippen LogP contribution < -0.4 is 10.7 Å². The van der Waals surface area contributed by atoms with Crippen LogP contribution in [0.2, 0.25) is 0 Å². The van der Waals surface area contributed by atoms with Gasteiger partial charge < -0.3 is 15.2 Å². The molecule has 0 spiro atoms. The molecule has 0 unspecified atom stereocenters. The largest absolute Gasteiger partial charge is 0.446 e. The Bertz CT molecular complexity index is 541. The number of rotatable bonds is 6. The molecular formula is C15H21N3O4. The monoisotopic (exact) mass is 307 g/mol. The molecule has 1 aliphatic heterocycles. The van der Waals surface area contributed by atoms with E-state index in [9.17, 15) is 9.59 Å². The summed E-state index contributed by atoms with van der Waals surface area (Å²) >= 11 is 0. The van der Waals surface area contributed by atoms with Crippen molar-refractivity contribution in [1.29, 1.82) is 0 Å². The second kappa shape index (κ2) is 7.13. The number of hydrogen-bond donors (Lipinski definition) is 1. The van der Waals surface area contributed by atoms with Crippen molar-refractivity contribution in [2.75, 3.05) is 37.1 Å². The number of nitrogens with zero attached hydrogens (tertiary/aromatic N) is 2. The highest BCUT2D eigenvalue weighted by Crippen LogP contribution is 2.30. The number of ether oxygens (including phenoxy) is 2. The van der Waals surface area contributed by atoms with E-state index in [2.05, 4.69) is 0 Å². The Balaban J connectivity index is 2.33. The number of carbonyl (C=O) groups is 2. The molecule has 120 valence electrons. The molecule has 2 rings (SSSR count). The third-order valence-corrected chi connectivity index (χ3v) is 3.27. The Hall–Kier alpha value is -2.28. The topological polar surface area (TPSA) is 85.1 Å². The summed E-state index contributed by atoms with van der Waals surface area (Å²) < 4.78 is 10.2. The SMILES string of the molecule is CCCOCC(=O)N(c1c(C)cccc1N)N1CCOC1=O. The lowest BCUT2D eigenvalue weighted by molar-refractivity contribution is -0.125. The molecule has 1 fully saturated rings. The molecule has 0 bridgehead atoms. The molecule has 1 saturated heterocycles. The van der Waals surface area contributed by atoms with Gasteiger partial charge in [0.15, 0.2) is 0 Å². The molecule has 1 aliphatic rings. The zero-order valence-electron chi connectivity index (χ0n) is 12.9. The Morgan fingerprint density at radius 1 is 1.50 bits per heavy atom. The van der Waals surface area contributed by atoms with Crippen LogP contribution in [-0.2, 0) is 14.3 Å². The number of benzene rings is 1. The van der Waals surface area contributed by atoms with Gasteiger partial charge in [-0.2, -0.15) is 0 Å². The highest BCUT2D eigenvalue weighted by molar-refractivity contribution is 5.99. The van der Waals surface area contributed by atoms with Crippen molar-refractivity contribution in [2.45, 2.75) is 20.3 Å². The van der Waals surface area contributed by atoms with Gasteiger partial charge in [-0.3, -0.25) is 4.79 Å². The van der Waals surface area contributed by atoms with Crippen LogP contribution in [0.25, 0.3) is 0 Å². The molecule has 7 nitrogen and oxygen atoms in total. The lowest BCUT2D eigenvalue weighted by atomic mass is 10.1. The van der Waals surface area contributed by atoms with E-state index in [0.29, 0.717) is 24.5 Å². The zero-order chi connectivity index (χ0) is 16.1. The van der Waals surface area contributed by atoms with Crippen LogP contribution >= 0.6 is 0 Å². The third kappa shape index (κ3) is 3.30. The summed E-state index contributed by atoms with van der Waals surface area (Å²) in [7, 11) is 0. The summed E-state index contributed by atoms with van der Waals surface area (Å²) in [4.78, 5) is 24.4. The van der Waals surface area contributed by atoms with E-state index in [1.54, 1.807) is 12.1 Å². The molecule has 0 radical (unpaired) electrons.